The van der Waals surface area contributed by atoms with E-state index in [4.69, 9.17) is 0 Å². The van der Waals surface area contributed by atoms with Crippen molar-refractivity contribution in [1.29, 1.82) is 0 Å². The number of carbonyl (C=O) groups excluding carboxylic acids is 1. The average Bonchev–Trinajstić information content (AvgIpc) is 2.65. The largest absolute Gasteiger partial charge is 0.349 e. The summed E-state index contributed by atoms with van der Waals surface area (Å²) in [6.07, 6.45) is 0. The van der Waals surface area contributed by atoms with Crippen LogP contribution in [-0.4, -0.2) is 14.3 Å². The van der Waals surface area contributed by atoms with Crippen molar-refractivity contribution in [3.05, 3.63) is 17.0 Å². The van der Waals surface area contributed by atoms with Gasteiger partial charge < -0.3 is 5.32 Å². The molecule has 0 aliphatic carbocycles. The highest BCUT2D eigenvalue weighted by Gasteiger charge is 2.19. The molecule has 1 aromatic rings. The first kappa shape index (κ1) is 14.1. The monoisotopic (exact) mass is 279 g/mol. The molecule has 1 unspecified atom stereocenters. The third kappa shape index (κ3) is 3.78. The van der Waals surface area contributed by atoms with E-state index in [2.05, 4.69) is 5.32 Å². The Balaban J connectivity index is 2.81. The zero-order valence-corrected chi connectivity index (χ0v) is 11.4. The summed E-state index contributed by atoms with van der Waals surface area (Å²) in [6.45, 7) is 5.24. The maximum Gasteiger partial charge on any atom is 0.341 e. The molecule has 0 saturated heterocycles. The van der Waals surface area contributed by atoms with Crippen molar-refractivity contribution in [1.82, 2.24) is 5.32 Å². The van der Waals surface area contributed by atoms with Crippen LogP contribution in [0.3, 0.4) is 0 Å². The minimum atomic E-state index is -4.65. The minimum Gasteiger partial charge on any atom is -0.349 e. The lowest BCUT2D eigenvalue weighted by Crippen LogP contribution is -2.29. The molecule has 1 atom stereocenters. The lowest BCUT2D eigenvalue weighted by atomic mass is 10.2. The Morgan fingerprint density at radius 2 is 1.94 bits per heavy atom. The molecule has 0 radical (unpaired) electrons. The fourth-order valence-corrected chi connectivity index (χ4v) is 2.81. The number of halogens is 1. The first-order chi connectivity index (χ1) is 7.71. The SMILES string of the molecule is CC(C)C(=O)NC(C)c1ccc(S(=O)(=O)F)s1. The molecular formula is C10H14FNO3S2. The van der Waals surface area contributed by atoms with E-state index < -0.39 is 10.2 Å². The second kappa shape index (κ2) is 5.14. The zero-order valence-electron chi connectivity index (χ0n) is 9.73. The van der Waals surface area contributed by atoms with Crippen molar-refractivity contribution < 1.29 is 17.1 Å². The quantitative estimate of drug-likeness (QED) is 0.860. The summed E-state index contributed by atoms with van der Waals surface area (Å²) in [7, 11) is -4.65. The highest BCUT2D eigenvalue weighted by Crippen LogP contribution is 2.27. The van der Waals surface area contributed by atoms with E-state index in [1.165, 1.54) is 12.1 Å². The molecule has 7 heteroatoms. The van der Waals surface area contributed by atoms with Crippen molar-refractivity contribution >= 4 is 27.5 Å². The summed E-state index contributed by atoms with van der Waals surface area (Å²) in [5.74, 6) is -0.280. The summed E-state index contributed by atoms with van der Waals surface area (Å²) < 4.78 is 33.7. The molecule has 1 amide bonds. The number of nitrogens with one attached hydrogen (secondary N) is 1. The maximum absolute atomic E-state index is 12.7. The van der Waals surface area contributed by atoms with Gasteiger partial charge in [0.15, 0.2) is 4.21 Å². The molecule has 1 N–H and O–H groups in total. The average molecular weight is 279 g/mol. The second-order valence-electron chi connectivity index (χ2n) is 3.98. The number of rotatable bonds is 4. The number of thiophene rings is 1. The predicted octanol–water partition coefficient (Wildman–Crippen LogP) is 2.24. The van der Waals surface area contributed by atoms with Crippen LogP contribution in [0, 0.1) is 5.92 Å². The molecule has 0 spiro atoms. The highest BCUT2D eigenvalue weighted by atomic mass is 32.3. The Morgan fingerprint density at radius 1 is 1.35 bits per heavy atom. The Labute approximate surface area is 104 Å². The predicted molar refractivity (Wildman–Crippen MR) is 64.0 cm³/mol. The van der Waals surface area contributed by atoms with Gasteiger partial charge in [0.25, 0.3) is 0 Å². The molecule has 4 nitrogen and oxygen atoms in total. The van der Waals surface area contributed by atoms with Crippen LogP contribution in [0.25, 0.3) is 0 Å². The Hall–Kier alpha value is -0.950. The molecule has 1 aromatic heterocycles. The van der Waals surface area contributed by atoms with Gasteiger partial charge in [0.05, 0.1) is 6.04 Å². The molecule has 0 aliphatic rings. The summed E-state index contributed by atoms with van der Waals surface area (Å²) in [4.78, 5) is 12.0. The molecular weight excluding hydrogens is 265 g/mol. The van der Waals surface area contributed by atoms with Gasteiger partial charge in [0.2, 0.25) is 5.91 Å². The molecule has 17 heavy (non-hydrogen) atoms. The van der Waals surface area contributed by atoms with E-state index in [1.807, 2.05) is 0 Å². The van der Waals surface area contributed by atoms with Gasteiger partial charge in [-0.1, -0.05) is 17.7 Å². The standard InChI is InChI=1S/C10H14FNO3S2/c1-6(2)10(13)12-7(3)8-4-5-9(16-8)17(11,14)15/h4-7H,1-3H3,(H,12,13). The van der Waals surface area contributed by atoms with Crippen LogP contribution in [0.2, 0.25) is 0 Å². The highest BCUT2D eigenvalue weighted by molar-refractivity contribution is 7.88. The molecule has 0 aromatic carbocycles. The smallest absolute Gasteiger partial charge is 0.341 e. The third-order valence-electron chi connectivity index (χ3n) is 2.15. The summed E-state index contributed by atoms with van der Waals surface area (Å²) >= 11 is 0.824. The van der Waals surface area contributed by atoms with Crippen molar-refractivity contribution in [2.75, 3.05) is 0 Å². The number of amides is 1. The van der Waals surface area contributed by atoms with Gasteiger partial charge in [-0.05, 0) is 19.1 Å². The van der Waals surface area contributed by atoms with Gasteiger partial charge in [0, 0.05) is 10.8 Å². The molecule has 0 saturated carbocycles. The van der Waals surface area contributed by atoms with Crippen molar-refractivity contribution in [3.8, 4) is 0 Å². The second-order valence-corrected chi connectivity index (χ2v) is 6.67. The summed E-state index contributed by atoms with van der Waals surface area (Å²) in [6, 6.07) is 2.38. The normalized spacial score (nSPS) is 13.7. The molecule has 0 bridgehead atoms. The Bertz CT molecular complexity index is 507. The third-order valence-corrected chi connectivity index (χ3v) is 4.68. The van der Waals surface area contributed by atoms with Gasteiger partial charge in [-0.3, -0.25) is 4.79 Å². The van der Waals surface area contributed by atoms with Gasteiger partial charge in [-0.15, -0.1) is 11.3 Å². The van der Waals surface area contributed by atoms with E-state index >= 15 is 0 Å². The summed E-state index contributed by atoms with van der Waals surface area (Å²) in [5.41, 5.74) is 0. The number of hydrogen-bond acceptors (Lipinski definition) is 4. The fourth-order valence-electron chi connectivity index (χ4n) is 1.15. The lowest BCUT2D eigenvalue weighted by Gasteiger charge is -2.13. The molecule has 1 heterocycles. The molecule has 0 aliphatic heterocycles. The zero-order chi connectivity index (χ0) is 13.2. The van der Waals surface area contributed by atoms with Crippen LogP contribution in [0.1, 0.15) is 31.7 Å². The van der Waals surface area contributed by atoms with Gasteiger partial charge in [-0.2, -0.15) is 8.42 Å². The fraction of sp³-hybridized carbons (Fsp3) is 0.500. The van der Waals surface area contributed by atoms with Crippen LogP contribution in [0.15, 0.2) is 16.3 Å². The van der Waals surface area contributed by atoms with Crippen LogP contribution in [0.5, 0.6) is 0 Å². The van der Waals surface area contributed by atoms with Crippen LogP contribution < -0.4 is 5.32 Å². The topological polar surface area (TPSA) is 63.2 Å². The molecule has 1 rings (SSSR count). The van der Waals surface area contributed by atoms with Crippen molar-refractivity contribution in [2.24, 2.45) is 5.92 Å². The number of hydrogen-bond donors (Lipinski definition) is 1. The first-order valence-corrected chi connectivity index (χ1v) is 7.26. The van der Waals surface area contributed by atoms with Crippen molar-refractivity contribution in [2.45, 2.75) is 31.0 Å². The van der Waals surface area contributed by atoms with Crippen LogP contribution in [0.4, 0.5) is 3.89 Å². The van der Waals surface area contributed by atoms with E-state index in [0.717, 1.165) is 11.3 Å². The molecule has 0 fully saturated rings. The van der Waals surface area contributed by atoms with E-state index in [9.17, 15) is 17.1 Å². The first-order valence-electron chi connectivity index (χ1n) is 5.06. The van der Waals surface area contributed by atoms with Gasteiger partial charge >= 0.3 is 10.2 Å². The Kier molecular flexibility index (Phi) is 4.26. The van der Waals surface area contributed by atoms with Crippen LogP contribution >= 0.6 is 11.3 Å². The minimum absolute atomic E-state index is 0.129. The van der Waals surface area contributed by atoms with E-state index in [1.54, 1.807) is 20.8 Å². The Morgan fingerprint density at radius 3 is 2.35 bits per heavy atom. The maximum atomic E-state index is 12.7. The number of carbonyl (C=O) groups is 1. The summed E-state index contributed by atoms with van der Waals surface area (Å²) in [5, 5.41) is 2.71. The van der Waals surface area contributed by atoms with Gasteiger partial charge in [-0.25, -0.2) is 0 Å². The molecule has 96 valence electrons. The van der Waals surface area contributed by atoms with E-state index in [0.29, 0.717) is 4.88 Å². The van der Waals surface area contributed by atoms with Crippen molar-refractivity contribution in [3.63, 3.8) is 0 Å². The van der Waals surface area contributed by atoms with Crippen LogP contribution in [-0.2, 0) is 15.0 Å². The van der Waals surface area contributed by atoms with E-state index in [-0.39, 0.29) is 22.1 Å². The van der Waals surface area contributed by atoms with Gasteiger partial charge in [0.1, 0.15) is 0 Å². The lowest BCUT2D eigenvalue weighted by molar-refractivity contribution is -0.124.